The van der Waals surface area contributed by atoms with Crippen molar-refractivity contribution in [3.63, 3.8) is 0 Å². The summed E-state index contributed by atoms with van der Waals surface area (Å²) < 4.78 is 15.3. The van der Waals surface area contributed by atoms with Gasteiger partial charge in [-0.25, -0.2) is 0 Å². The largest absolute Gasteiger partial charge is 0.486 e. The maximum absolute atomic E-state index is 5.18. The number of ether oxygens (including phenoxy) is 3. The minimum absolute atomic E-state index is 0.272. The molecule has 3 saturated heterocycles. The number of hydrogen-bond acceptors (Lipinski definition) is 3. The zero-order chi connectivity index (χ0) is 5.90. The third-order valence-electron chi connectivity index (χ3n) is 1.94. The van der Waals surface area contributed by atoms with Crippen LogP contribution in [0.5, 0.6) is 0 Å². The molecule has 0 aliphatic carbocycles. The SMILES string of the molecule is C1O/C1=C1/COC12CO2. The molecule has 0 radical (unpaired) electrons. The fourth-order valence-electron chi connectivity index (χ4n) is 1.13. The Hall–Kier alpha value is -0.540. The second kappa shape index (κ2) is 1.02. The van der Waals surface area contributed by atoms with Crippen LogP contribution in [0, 0.1) is 0 Å². The quantitative estimate of drug-likeness (QED) is 0.429. The lowest BCUT2D eigenvalue weighted by Crippen LogP contribution is -2.34. The van der Waals surface area contributed by atoms with Crippen LogP contribution in [0.2, 0.25) is 0 Å². The summed E-state index contributed by atoms with van der Waals surface area (Å²) in [4.78, 5) is 0. The molecule has 1 atom stereocenters. The Bertz CT molecular complexity index is 196. The van der Waals surface area contributed by atoms with E-state index in [1.807, 2.05) is 0 Å². The highest BCUT2D eigenvalue weighted by Crippen LogP contribution is 2.48. The number of epoxide rings is 2. The van der Waals surface area contributed by atoms with Crippen LogP contribution < -0.4 is 0 Å². The van der Waals surface area contributed by atoms with E-state index in [0.717, 1.165) is 25.6 Å². The first-order valence-electron chi connectivity index (χ1n) is 3.04. The van der Waals surface area contributed by atoms with Gasteiger partial charge in [-0.3, -0.25) is 0 Å². The summed E-state index contributed by atoms with van der Waals surface area (Å²) in [6.45, 7) is 2.24. The smallest absolute Gasteiger partial charge is 0.221 e. The molecule has 3 fully saturated rings. The summed E-state index contributed by atoms with van der Waals surface area (Å²) in [5.41, 5.74) is 1.24. The van der Waals surface area contributed by atoms with Gasteiger partial charge in [-0.2, -0.15) is 0 Å². The fraction of sp³-hybridized carbons (Fsp3) is 0.667. The first-order chi connectivity index (χ1) is 4.41. The first-order valence-corrected chi connectivity index (χ1v) is 3.04. The lowest BCUT2D eigenvalue weighted by molar-refractivity contribution is -0.0784. The van der Waals surface area contributed by atoms with E-state index < -0.39 is 0 Å². The Morgan fingerprint density at radius 1 is 1.22 bits per heavy atom. The zero-order valence-corrected chi connectivity index (χ0v) is 4.85. The van der Waals surface area contributed by atoms with Crippen molar-refractivity contribution in [2.75, 3.05) is 19.8 Å². The van der Waals surface area contributed by atoms with Gasteiger partial charge in [0.2, 0.25) is 5.79 Å². The molecule has 0 aromatic rings. The van der Waals surface area contributed by atoms with E-state index in [4.69, 9.17) is 14.2 Å². The Kier molecular flexibility index (Phi) is 0.488. The minimum atomic E-state index is -0.272. The summed E-state index contributed by atoms with van der Waals surface area (Å²) in [6.07, 6.45) is 0. The maximum Gasteiger partial charge on any atom is 0.221 e. The molecule has 9 heavy (non-hydrogen) atoms. The zero-order valence-electron chi connectivity index (χ0n) is 4.85. The van der Waals surface area contributed by atoms with Crippen molar-refractivity contribution in [1.29, 1.82) is 0 Å². The molecule has 0 saturated carbocycles. The number of hydrogen-bond donors (Lipinski definition) is 0. The normalized spacial score (nSPS) is 52.4. The topological polar surface area (TPSA) is 34.3 Å². The lowest BCUT2D eigenvalue weighted by Gasteiger charge is -2.24. The van der Waals surface area contributed by atoms with Crippen molar-refractivity contribution in [3.05, 3.63) is 11.3 Å². The fourth-order valence-corrected chi connectivity index (χ4v) is 1.13. The summed E-state index contributed by atoms with van der Waals surface area (Å²) in [5.74, 6) is 0.824. The third kappa shape index (κ3) is 0.404. The van der Waals surface area contributed by atoms with Crippen molar-refractivity contribution in [2.45, 2.75) is 5.79 Å². The molecule has 3 rings (SSSR count). The van der Waals surface area contributed by atoms with E-state index in [2.05, 4.69) is 0 Å². The maximum atomic E-state index is 5.18. The predicted octanol–water partition coefficient (Wildman–Crippen LogP) is 0.0274. The van der Waals surface area contributed by atoms with Crippen LogP contribution in [-0.2, 0) is 14.2 Å². The van der Waals surface area contributed by atoms with Gasteiger partial charge in [-0.15, -0.1) is 0 Å². The van der Waals surface area contributed by atoms with Gasteiger partial charge in [0.1, 0.15) is 19.0 Å². The average molecular weight is 126 g/mol. The summed E-state index contributed by atoms with van der Waals surface area (Å²) in [6, 6.07) is 0. The number of rotatable bonds is 0. The van der Waals surface area contributed by atoms with Gasteiger partial charge in [-0.05, 0) is 0 Å². The molecular formula is C6H6O3. The van der Waals surface area contributed by atoms with Crippen molar-refractivity contribution in [1.82, 2.24) is 0 Å². The van der Waals surface area contributed by atoms with E-state index in [9.17, 15) is 0 Å². The second-order valence-electron chi connectivity index (χ2n) is 2.52. The molecule has 0 bridgehead atoms. The Labute approximate surface area is 52.2 Å². The molecule has 3 nitrogen and oxygen atoms in total. The minimum Gasteiger partial charge on any atom is -0.486 e. The molecule has 0 N–H and O–H groups in total. The van der Waals surface area contributed by atoms with E-state index in [1.165, 1.54) is 5.57 Å². The Balaban J connectivity index is 2.01. The molecule has 3 aliphatic rings. The Morgan fingerprint density at radius 3 is 2.33 bits per heavy atom. The molecule has 3 heterocycles. The molecule has 3 heteroatoms. The van der Waals surface area contributed by atoms with Crippen LogP contribution in [0.15, 0.2) is 11.3 Å². The Morgan fingerprint density at radius 2 is 2.00 bits per heavy atom. The molecule has 0 aromatic carbocycles. The average Bonchev–Trinajstić information content (AvgIpc) is 2.60. The molecule has 48 valence electrons. The van der Waals surface area contributed by atoms with Crippen LogP contribution in [0.3, 0.4) is 0 Å². The molecule has 1 unspecified atom stereocenters. The predicted molar refractivity (Wildman–Crippen MR) is 27.6 cm³/mol. The van der Waals surface area contributed by atoms with Crippen LogP contribution in [-0.4, -0.2) is 25.6 Å². The van der Waals surface area contributed by atoms with Gasteiger partial charge in [0.15, 0.2) is 0 Å². The highest BCUT2D eigenvalue weighted by molar-refractivity contribution is 5.33. The highest BCUT2D eigenvalue weighted by atomic mass is 16.8. The molecule has 0 amide bonds. The van der Waals surface area contributed by atoms with E-state index >= 15 is 0 Å². The third-order valence-corrected chi connectivity index (χ3v) is 1.94. The van der Waals surface area contributed by atoms with Gasteiger partial charge in [0, 0.05) is 0 Å². The van der Waals surface area contributed by atoms with E-state index in [0.29, 0.717) is 0 Å². The van der Waals surface area contributed by atoms with Crippen LogP contribution in [0.4, 0.5) is 0 Å². The molecular weight excluding hydrogens is 120 g/mol. The van der Waals surface area contributed by atoms with Crippen molar-refractivity contribution in [3.8, 4) is 0 Å². The van der Waals surface area contributed by atoms with Crippen molar-refractivity contribution < 1.29 is 14.2 Å². The second-order valence-corrected chi connectivity index (χ2v) is 2.52. The van der Waals surface area contributed by atoms with Crippen LogP contribution in [0.1, 0.15) is 0 Å². The molecule has 0 aromatic heterocycles. The summed E-state index contributed by atoms with van der Waals surface area (Å²) in [5, 5.41) is 0. The van der Waals surface area contributed by atoms with Crippen molar-refractivity contribution in [2.24, 2.45) is 0 Å². The highest BCUT2D eigenvalue weighted by Gasteiger charge is 2.60. The van der Waals surface area contributed by atoms with Gasteiger partial charge in [0.05, 0.1) is 12.2 Å². The van der Waals surface area contributed by atoms with Crippen molar-refractivity contribution >= 4 is 0 Å². The van der Waals surface area contributed by atoms with Gasteiger partial charge in [0.25, 0.3) is 0 Å². The lowest BCUT2D eigenvalue weighted by atomic mass is 10.1. The van der Waals surface area contributed by atoms with Crippen LogP contribution in [0.25, 0.3) is 0 Å². The van der Waals surface area contributed by atoms with Gasteiger partial charge < -0.3 is 14.2 Å². The van der Waals surface area contributed by atoms with Crippen LogP contribution >= 0.6 is 0 Å². The summed E-state index contributed by atoms with van der Waals surface area (Å²) in [7, 11) is 0. The monoisotopic (exact) mass is 126 g/mol. The molecule has 1 spiro atoms. The first kappa shape index (κ1) is 4.30. The molecule has 3 aliphatic heterocycles. The standard InChI is InChI=1S/C6H6O3/c1-4(5-2-7-5)6(8-1)3-9-6/h1-3H2/b5-4-. The van der Waals surface area contributed by atoms with Gasteiger partial charge in [-0.1, -0.05) is 0 Å². The van der Waals surface area contributed by atoms with Gasteiger partial charge >= 0.3 is 0 Å². The van der Waals surface area contributed by atoms with E-state index in [1.54, 1.807) is 0 Å². The summed E-state index contributed by atoms with van der Waals surface area (Å²) >= 11 is 0. The van der Waals surface area contributed by atoms with E-state index in [-0.39, 0.29) is 5.79 Å².